The molecule has 6 radical (unpaired) electrons. The van der Waals surface area contributed by atoms with Gasteiger partial charge in [-0.2, -0.15) is 0 Å². The van der Waals surface area contributed by atoms with Gasteiger partial charge in [0, 0.05) is 71.4 Å². The van der Waals surface area contributed by atoms with E-state index in [9.17, 15) is 0 Å². The summed E-state index contributed by atoms with van der Waals surface area (Å²) in [5, 5.41) is 0. The molecule has 9 heteroatoms. The highest BCUT2D eigenvalue weighted by atomic mass is 15.4. The van der Waals surface area contributed by atoms with Crippen molar-refractivity contribution < 1.29 is 0 Å². The van der Waals surface area contributed by atoms with Gasteiger partial charge >= 0.3 is 0 Å². The Balaban J connectivity index is 1.08. The number of rotatable bonds is 0. The summed E-state index contributed by atoms with van der Waals surface area (Å²) in [5.41, 5.74) is 6.92. The summed E-state index contributed by atoms with van der Waals surface area (Å²) in [6, 6.07) is 12.9. The molecule has 0 atom stereocenters. The molecule has 36 heavy (non-hydrogen) atoms. The molecule has 3 aromatic heterocycles. The van der Waals surface area contributed by atoms with E-state index < -0.39 is 0 Å². The van der Waals surface area contributed by atoms with Crippen molar-refractivity contribution in [3.63, 3.8) is 0 Å². The fourth-order valence-electron chi connectivity index (χ4n) is 4.83. The van der Waals surface area contributed by atoms with Crippen molar-refractivity contribution in [3.05, 3.63) is 128 Å². The molecule has 0 spiro atoms. The molecule has 7 heterocycles. The first kappa shape index (κ1) is 21.2. The highest BCUT2D eigenvalue weighted by Crippen LogP contribution is 2.23. The number of nitrogens with one attached hydrogen (secondary N) is 3. The summed E-state index contributed by atoms with van der Waals surface area (Å²) in [5.74, 6) is 0. The number of hydrogen-bond donors (Lipinski definition) is 3. The average molecular weight is 478 g/mol. The minimum absolute atomic E-state index is 0.747. The molecular weight excluding hydrogens is 450 g/mol. The van der Waals surface area contributed by atoms with Crippen LogP contribution in [-0.4, -0.2) is 44.4 Å². The van der Waals surface area contributed by atoms with Gasteiger partial charge in [0.2, 0.25) is 20.0 Å². The predicted molar refractivity (Wildman–Crippen MR) is 133 cm³/mol. The monoisotopic (exact) mass is 477 g/mol. The van der Waals surface area contributed by atoms with Gasteiger partial charge in [0.25, 0.3) is 0 Å². The zero-order chi connectivity index (χ0) is 23.9. The van der Waals surface area contributed by atoms with Crippen LogP contribution in [0.2, 0.25) is 0 Å². The molecule has 0 fully saturated rings. The summed E-state index contributed by atoms with van der Waals surface area (Å²) in [6.07, 6.45) is 12.4. The molecule has 0 saturated carbocycles. The van der Waals surface area contributed by atoms with E-state index in [2.05, 4.69) is 138 Å². The Labute approximate surface area is 211 Å². The molecule has 4 aliphatic heterocycles. The number of aromatic nitrogens is 3. The van der Waals surface area contributed by atoms with Crippen molar-refractivity contribution in [2.45, 2.75) is 39.3 Å². The largest absolute Gasteiger partial charge is 0.359 e. The standard InChI is InChI=1S/C27H27N9/c1-2-23-14-32-9-10-34(20-32)16-25-5-6-27(30-25)18-36-12-11-35(21-36)17-26-4-3-24(29-26)15-33-8-7-31(19-33)13-22(1)28-23/h1-12,28-30H,13-18H2. The second-order valence-corrected chi connectivity index (χ2v) is 9.49. The van der Waals surface area contributed by atoms with Crippen LogP contribution in [0.5, 0.6) is 0 Å². The van der Waals surface area contributed by atoms with Gasteiger partial charge in [-0.3, -0.25) is 0 Å². The third kappa shape index (κ3) is 4.56. The molecule has 0 aliphatic carbocycles. The molecule has 3 aromatic rings. The van der Waals surface area contributed by atoms with Crippen LogP contribution < -0.4 is 0 Å². The Kier molecular flexibility index (Phi) is 5.18. The van der Waals surface area contributed by atoms with E-state index >= 15 is 0 Å². The van der Waals surface area contributed by atoms with Gasteiger partial charge in [-0.15, -0.1) is 0 Å². The van der Waals surface area contributed by atoms with Gasteiger partial charge < -0.3 is 44.4 Å². The molecule has 0 aromatic carbocycles. The Hall–Kier alpha value is -4.14. The van der Waals surface area contributed by atoms with Crippen LogP contribution in [0.4, 0.5) is 0 Å². The van der Waals surface area contributed by atoms with Crippen LogP contribution in [0, 0.1) is 20.0 Å². The first-order chi connectivity index (χ1) is 17.7. The SMILES string of the molecule is [C]1N2C=CN1Cc1ccc([nH]1)CN1[C]N(C=C1)Cc1ccc([nH]1)CN1[C]N(C=C1)Cc1ccc([nH]1)C2. The molecule has 0 unspecified atom stereocenters. The smallest absolute Gasteiger partial charge is 0.208 e. The van der Waals surface area contributed by atoms with Gasteiger partial charge in [0.05, 0.1) is 39.3 Å². The van der Waals surface area contributed by atoms with Gasteiger partial charge in [-0.1, -0.05) is 0 Å². The number of nitrogens with zero attached hydrogens (tertiary/aromatic N) is 6. The molecule has 0 saturated heterocycles. The minimum atomic E-state index is 0.747. The fraction of sp³-hybridized carbons (Fsp3) is 0.222. The van der Waals surface area contributed by atoms with Crippen LogP contribution in [0.3, 0.4) is 0 Å². The van der Waals surface area contributed by atoms with Crippen molar-refractivity contribution in [2.24, 2.45) is 0 Å². The second-order valence-electron chi connectivity index (χ2n) is 9.49. The zero-order valence-electron chi connectivity index (χ0n) is 19.9. The van der Waals surface area contributed by atoms with E-state index in [1.165, 1.54) is 0 Å². The number of fused-ring (bicyclic) bond motifs is 12. The minimum Gasteiger partial charge on any atom is -0.359 e. The molecule has 9 nitrogen and oxygen atoms in total. The van der Waals surface area contributed by atoms with Crippen LogP contribution in [0.15, 0.2) is 73.6 Å². The highest BCUT2D eigenvalue weighted by molar-refractivity contribution is 5.19. The van der Waals surface area contributed by atoms with E-state index in [0.29, 0.717) is 0 Å². The summed E-state index contributed by atoms with van der Waals surface area (Å²) >= 11 is 0. The quantitative estimate of drug-likeness (QED) is 0.462. The Morgan fingerprint density at radius 3 is 0.750 bits per heavy atom. The van der Waals surface area contributed by atoms with Gasteiger partial charge in [-0.05, 0) is 36.4 Å². The summed E-state index contributed by atoms with van der Waals surface area (Å²) in [6.45, 7) is 14.8. The lowest BCUT2D eigenvalue weighted by Crippen LogP contribution is -2.21. The molecule has 3 N–H and O–H groups in total. The van der Waals surface area contributed by atoms with Crippen molar-refractivity contribution in [3.8, 4) is 0 Å². The second kappa shape index (κ2) is 8.82. The molecule has 0 amide bonds. The van der Waals surface area contributed by atoms with Gasteiger partial charge in [0.15, 0.2) is 0 Å². The Bertz CT molecular complexity index is 1050. The summed E-state index contributed by atoms with van der Waals surface area (Å²) < 4.78 is 0. The zero-order valence-corrected chi connectivity index (χ0v) is 19.9. The van der Waals surface area contributed by atoms with Crippen LogP contribution in [0.25, 0.3) is 0 Å². The summed E-state index contributed by atoms with van der Waals surface area (Å²) in [7, 11) is 0. The average Bonchev–Trinajstić information content (AvgIpc) is 3.68. The Morgan fingerprint density at radius 1 is 0.361 bits per heavy atom. The number of H-pyrrole nitrogens is 3. The summed E-state index contributed by atoms with van der Waals surface area (Å²) in [4.78, 5) is 23.1. The topological polar surface area (TPSA) is 66.8 Å². The number of hydrogen-bond acceptors (Lipinski definition) is 6. The molecular formula is C27H27N9. The Morgan fingerprint density at radius 2 is 0.556 bits per heavy atom. The van der Waals surface area contributed by atoms with Gasteiger partial charge in [0.1, 0.15) is 0 Å². The van der Waals surface area contributed by atoms with E-state index in [4.69, 9.17) is 0 Å². The van der Waals surface area contributed by atoms with E-state index in [1.807, 2.05) is 0 Å². The van der Waals surface area contributed by atoms with Crippen molar-refractivity contribution in [1.29, 1.82) is 0 Å². The lowest BCUT2D eigenvalue weighted by molar-refractivity contribution is 0.322. The fourth-order valence-corrected chi connectivity index (χ4v) is 4.83. The van der Waals surface area contributed by atoms with E-state index in [-0.39, 0.29) is 0 Å². The maximum atomic E-state index is 3.54. The van der Waals surface area contributed by atoms with Crippen molar-refractivity contribution in [2.75, 3.05) is 0 Å². The maximum Gasteiger partial charge on any atom is 0.208 e. The number of aromatic amines is 3. The van der Waals surface area contributed by atoms with E-state index in [0.717, 1.165) is 73.4 Å². The third-order valence-electron chi connectivity index (χ3n) is 6.51. The van der Waals surface area contributed by atoms with E-state index in [1.54, 1.807) is 0 Å². The van der Waals surface area contributed by atoms with Crippen LogP contribution in [-0.2, 0) is 39.3 Å². The van der Waals surface area contributed by atoms with Crippen LogP contribution >= 0.6 is 0 Å². The normalized spacial score (nSPS) is 19.7. The first-order valence-electron chi connectivity index (χ1n) is 12.1. The molecule has 180 valence electrons. The maximum absolute atomic E-state index is 3.54. The van der Waals surface area contributed by atoms with Crippen molar-refractivity contribution in [1.82, 2.24) is 44.4 Å². The van der Waals surface area contributed by atoms with Crippen LogP contribution in [0.1, 0.15) is 34.2 Å². The predicted octanol–water partition coefficient (Wildman–Crippen LogP) is 3.34. The first-order valence-corrected chi connectivity index (χ1v) is 12.1. The molecule has 7 rings (SSSR count). The molecule has 4 aliphatic rings. The third-order valence-corrected chi connectivity index (χ3v) is 6.51. The lowest BCUT2D eigenvalue weighted by Gasteiger charge is -2.19. The van der Waals surface area contributed by atoms with Crippen molar-refractivity contribution >= 4 is 0 Å². The molecule has 12 bridgehead atoms. The lowest BCUT2D eigenvalue weighted by atomic mass is 10.4. The van der Waals surface area contributed by atoms with Gasteiger partial charge in [-0.25, -0.2) is 0 Å². The highest BCUT2D eigenvalue weighted by Gasteiger charge is 2.21.